The summed E-state index contributed by atoms with van der Waals surface area (Å²) in [7, 11) is 0. The minimum absolute atomic E-state index is 0.185. The molecule has 0 radical (unpaired) electrons. The van der Waals surface area contributed by atoms with Crippen LogP contribution in [0.5, 0.6) is 0 Å². The van der Waals surface area contributed by atoms with Crippen LogP contribution in [-0.4, -0.2) is 16.8 Å². The van der Waals surface area contributed by atoms with Crippen LogP contribution in [0.25, 0.3) is 0 Å². The zero-order valence-corrected chi connectivity index (χ0v) is 14.6. The quantitative estimate of drug-likeness (QED) is 0.912. The molecule has 1 amide bonds. The summed E-state index contributed by atoms with van der Waals surface area (Å²) in [5, 5.41) is 10.5. The highest BCUT2D eigenvalue weighted by Crippen LogP contribution is 2.43. The number of benzene rings is 2. The van der Waals surface area contributed by atoms with Crippen molar-refractivity contribution in [3.63, 3.8) is 0 Å². The van der Waals surface area contributed by atoms with E-state index >= 15 is 0 Å². The van der Waals surface area contributed by atoms with Crippen molar-refractivity contribution in [2.45, 2.75) is 33.2 Å². The van der Waals surface area contributed by atoms with Gasteiger partial charge in [-0.3, -0.25) is 14.5 Å². The fraction of sp³-hybridized carbons (Fsp3) is 0.238. The number of Topliss-reactive ketones (excluding diaryl/α,β-unsaturated/α-hetero) is 1. The van der Waals surface area contributed by atoms with Gasteiger partial charge in [0.1, 0.15) is 0 Å². The molecule has 0 aliphatic carbocycles. The Morgan fingerprint density at radius 2 is 1.64 bits per heavy atom. The second-order valence-electron chi connectivity index (χ2n) is 6.26. The van der Waals surface area contributed by atoms with Crippen LogP contribution in [-0.2, 0) is 9.59 Å². The first-order valence-electron chi connectivity index (χ1n) is 8.38. The van der Waals surface area contributed by atoms with E-state index < -0.39 is 17.7 Å². The predicted octanol–water partition coefficient (Wildman–Crippen LogP) is 4.18. The van der Waals surface area contributed by atoms with Gasteiger partial charge in [0, 0.05) is 12.1 Å². The number of anilines is 1. The second kappa shape index (κ2) is 6.55. The van der Waals surface area contributed by atoms with Crippen LogP contribution in [0.3, 0.4) is 0 Å². The maximum atomic E-state index is 12.8. The smallest absolute Gasteiger partial charge is 0.294 e. The van der Waals surface area contributed by atoms with E-state index in [4.69, 9.17) is 0 Å². The number of hydrogen-bond donors (Lipinski definition) is 1. The molecule has 0 saturated heterocycles. The minimum Gasteiger partial charge on any atom is -0.503 e. The zero-order valence-electron chi connectivity index (χ0n) is 14.6. The predicted molar refractivity (Wildman–Crippen MR) is 97.5 cm³/mol. The Morgan fingerprint density at radius 1 is 1.04 bits per heavy atom. The summed E-state index contributed by atoms with van der Waals surface area (Å²) in [6, 6.07) is 14.5. The summed E-state index contributed by atoms with van der Waals surface area (Å²) in [5.74, 6) is -1.18. The molecule has 1 atom stereocenters. The van der Waals surface area contributed by atoms with E-state index in [0.717, 1.165) is 16.7 Å². The van der Waals surface area contributed by atoms with Gasteiger partial charge in [-0.15, -0.1) is 0 Å². The van der Waals surface area contributed by atoms with Crippen LogP contribution in [0.4, 0.5) is 5.69 Å². The Morgan fingerprint density at radius 3 is 2.24 bits per heavy atom. The maximum Gasteiger partial charge on any atom is 0.294 e. The lowest BCUT2D eigenvalue weighted by Crippen LogP contribution is -2.32. The number of carbonyl (C=O) groups excluding carboxylic acids is 2. The number of hydrogen-bond acceptors (Lipinski definition) is 3. The minimum atomic E-state index is -0.609. The Labute approximate surface area is 147 Å². The summed E-state index contributed by atoms with van der Waals surface area (Å²) >= 11 is 0. The summed E-state index contributed by atoms with van der Waals surface area (Å²) in [4.78, 5) is 26.9. The molecule has 4 heteroatoms. The summed E-state index contributed by atoms with van der Waals surface area (Å²) in [6.45, 7) is 5.59. The van der Waals surface area contributed by atoms with E-state index in [9.17, 15) is 14.7 Å². The van der Waals surface area contributed by atoms with Gasteiger partial charge in [-0.2, -0.15) is 0 Å². The summed E-state index contributed by atoms with van der Waals surface area (Å²) < 4.78 is 0. The molecule has 1 unspecified atom stereocenters. The van der Waals surface area contributed by atoms with Crippen molar-refractivity contribution in [1.29, 1.82) is 0 Å². The Balaban J connectivity index is 2.25. The fourth-order valence-corrected chi connectivity index (χ4v) is 3.35. The van der Waals surface area contributed by atoms with Crippen molar-refractivity contribution in [2.24, 2.45) is 0 Å². The van der Waals surface area contributed by atoms with Gasteiger partial charge in [0.25, 0.3) is 5.91 Å². The van der Waals surface area contributed by atoms with Gasteiger partial charge in [-0.1, -0.05) is 49.4 Å². The molecule has 3 rings (SSSR count). The van der Waals surface area contributed by atoms with Crippen LogP contribution in [0.15, 0.2) is 59.9 Å². The fourth-order valence-electron chi connectivity index (χ4n) is 3.35. The third-order valence-corrected chi connectivity index (χ3v) is 4.69. The Hall–Kier alpha value is -2.88. The number of amides is 1. The average Bonchev–Trinajstić information content (AvgIpc) is 2.87. The SMILES string of the molecule is CCC(=O)C1=C(O)C(=O)N(c2ccccc2C)C1c1ccccc1C. The molecular weight excluding hydrogens is 314 g/mol. The molecule has 1 N–H and O–H groups in total. The van der Waals surface area contributed by atoms with Gasteiger partial charge in [0.15, 0.2) is 11.5 Å². The third kappa shape index (κ3) is 2.74. The normalized spacial score (nSPS) is 17.3. The van der Waals surface area contributed by atoms with E-state index in [1.807, 2.05) is 62.4 Å². The molecule has 128 valence electrons. The van der Waals surface area contributed by atoms with Crippen molar-refractivity contribution in [3.05, 3.63) is 76.6 Å². The molecule has 1 aliphatic rings. The van der Waals surface area contributed by atoms with Crippen LogP contribution < -0.4 is 4.90 Å². The number of aryl methyl sites for hydroxylation is 2. The zero-order chi connectivity index (χ0) is 18.1. The topological polar surface area (TPSA) is 57.6 Å². The van der Waals surface area contributed by atoms with Crippen LogP contribution >= 0.6 is 0 Å². The number of rotatable bonds is 4. The van der Waals surface area contributed by atoms with Gasteiger partial charge in [0.05, 0.1) is 11.6 Å². The molecule has 1 heterocycles. The van der Waals surface area contributed by atoms with Crippen molar-refractivity contribution >= 4 is 17.4 Å². The molecular formula is C21H21NO3. The van der Waals surface area contributed by atoms with E-state index in [1.54, 1.807) is 6.92 Å². The molecule has 0 fully saturated rings. The number of para-hydroxylation sites is 1. The van der Waals surface area contributed by atoms with E-state index in [1.165, 1.54) is 4.90 Å². The number of carbonyl (C=O) groups is 2. The molecule has 0 bridgehead atoms. The lowest BCUT2D eigenvalue weighted by Gasteiger charge is -2.29. The number of aliphatic hydroxyl groups is 1. The first-order valence-corrected chi connectivity index (χ1v) is 8.38. The van der Waals surface area contributed by atoms with Gasteiger partial charge < -0.3 is 5.11 Å². The first-order chi connectivity index (χ1) is 12.0. The first kappa shape index (κ1) is 17.0. The third-order valence-electron chi connectivity index (χ3n) is 4.69. The highest BCUT2D eigenvalue weighted by molar-refractivity contribution is 6.16. The highest BCUT2D eigenvalue weighted by Gasteiger charge is 2.44. The monoisotopic (exact) mass is 335 g/mol. The number of nitrogens with zero attached hydrogens (tertiary/aromatic N) is 1. The highest BCUT2D eigenvalue weighted by atomic mass is 16.3. The van der Waals surface area contributed by atoms with Crippen molar-refractivity contribution in [2.75, 3.05) is 4.90 Å². The average molecular weight is 335 g/mol. The molecule has 0 saturated carbocycles. The van der Waals surface area contributed by atoms with Gasteiger partial charge >= 0.3 is 0 Å². The molecule has 0 aromatic heterocycles. The second-order valence-corrected chi connectivity index (χ2v) is 6.26. The molecule has 4 nitrogen and oxygen atoms in total. The molecule has 0 spiro atoms. The van der Waals surface area contributed by atoms with Crippen LogP contribution in [0, 0.1) is 13.8 Å². The van der Waals surface area contributed by atoms with Gasteiger partial charge in [-0.05, 0) is 36.6 Å². The van der Waals surface area contributed by atoms with Crippen molar-refractivity contribution in [1.82, 2.24) is 0 Å². The van der Waals surface area contributed by atoms with E-state index in [0.29, 0.717) is 5.69 Å². The van der Waals surface area contributed by atoms with Gasteiger partial charge in [-0.25, -0.2) is 0 Å². The lowest BCUT2D eigenvalue weighted by molar-refractivity contribution is -0.118. The maximum absolute atomic E-state index is 12.8. The van der Waals surface area contributed by atoms with Gasteiger partial charge in [0.2, 0.25) is 0 Å². The van der Waals surface area contributed by atoms with Crippen LogP contribution in [0.1, 0.15) is 36.1 Å². The Kier molecular flexibility index (Phi) is 4.45. The van der Waals surface area contributed by atoms with Crippen molar-refractivity contribution < 1.29 is 14.7 Å². The standard InChI is InChI=1S/C21H21NO3/c1-4-17(23)18-19(15-11-7-5-9-13(15)2)22(21(25)20(18)24)16-12-8-6-10-14(16)3/h5-12,19,24H,4H2,1-3H3. The molecule has 25 heavy (non-hydrogen) atoms. The number of ketones is 1. The lowest BCUT2D eigenvalue weighted by atomic mass is 9.92. The van der Waals surface area contributed by atoms with E-state index in [-0.39, 0.29) is 17.8 Å². The largest absolute Gasteiger partial charge is 0.503 e. The Bertz CT molecular complexity index is 882. The summed E-state index contributed by atoms with van der Waals surface area (Å²) in [6.07, 6.45) is 0.233. The number of aliphatic hydroxyl groups excluding tert-OH is 1. The molecule has 1 aliphatic heterocycles. The van der Waals surface area contributed by atoms with Crippen LogP contribution in [0.2, 0.25) is 0 Å². The molecule has 2 aromatic rings. The van der Waals surface area contributed by atoms with E-state index in [2.05, 4.69) is 0 Å². The molecule has 2 aromatic carbocycles. The van der Waals surface area contributed by atoms with Crippen molar-refractivity contribution in [3.8, 4) is 0 Å². The summed E-state index contributed by atoms with van der Waals surface area (Å²) in [5.41, 5.74) is 3.61.